The first-order valence-electron chi connectivity index (χ1n) is 5.38. The van der Waals surface area contributed by atoms with Crippen molar-refractivity contribution >= 4 is 0 Å². The van der Waals surface area contributed by atoms with Gasteiger partial charge in [0.15, 0.2) is 0 Å². The molecule has 0 radical (unpaired) electrons. The molecule has 1 atom stereocenters. The molecule has 0 saturated carbocycles. The molecule has 2 N–H and O–H groups in total. The quantitative estimate of drug-likeness (QED) is 0.717. The highest BCUT2D eigenvalue weighted by molar-refractivity contribution is 4.99. The molecule has 0 aliphatic rings. The number of nitrogens with two attached hydrogens (primary N) is 1. The van der Waals surface area contributed by atoms with E-state index in [-0.39, 0.29) is 5.54 Å². The number of aryl methyl sites for hydroxylation is 1. The van der Waals surface area contributed by atoms with Gasteiger partial charge in [0.25, 0.3) is 0 Å². The molecule has 86 valence electrons. The first-order valence-corrected chi connectivity index (χ1v) is 5.38. The number of hydrogen-bond acceptors (Lipinski definition) is 3. The van der Waals surface area contributed by atoms with Crippen LogP contribution in [-0.4, -0.2) is 28.5 Å². The normalized spacial score (nSPS) is 15.2. The van der Waals surface area contributed by atoms with Gasteiger partial charge in [-0.15, -0.1) is 0 Å². The Labute approximate surface area is 91.4 Å². The van der Waals surface area contributed by atoms with Gasteiger partial charge in [-0.1, -0.05) is 6.92 Å². The van der Waals surface area contributed by atoms with Crippen molar-refractivity contribution in [2.75, 3.05) is 13.2 Å². The van der Waals surface area contributed by atoms with Crippen molar-refractivity contribution in [1.29, 1.82) is 0 Å². The van der Waals surface area contributed by atoms with Crippen LogP contribution in [0.2, 0.25) is 0 Å². The molecule has 0 spiro atoms. The Morgan fingerprint density at radius 3 is 2.87 bits per heavy atom. The molecule has 1 rings (SSSR count). The lowest BCUT2D eigenvalue weighted by atomic mass is 10.0. The molecule has 4 nitrogen and oxygen atoms in total. The molecular weight excluding hydrogens is 190 g/mol. The minimum absolute atomic E-state index is 0.202. The summed E-state index contributed by atoms with van der Waals surface area (Å²) in [6, 6.07) is 2.00. The van der Waals surface area contributed by atoms with Gasteiger partial charge in [0.05, 0.1) is 13.2 Å². The maximum Gasteiger partial charge on any atom is 0.0643 e. The molecule has 1 aromatic rings. The van der Waals surface area contributed by atoms with Crippen LogP contribution in [0.3, 0.4) is 0 Å². The third kappa shape index (κ3) is 4.01. The Morgan fingerprint density at radius 2 is 2.33 bits per heavy atom. The Hall–Kier alpha value is -0.870. The monoisotopic (exact) mass is 211 g/mol. The van der Waals surface area contributed by atoms with Crippen LogP contribution >= 0.6 is 0 Å². The van der Waals surface area contributed by atoms with Gasteiger partial charge in [-0.05, 0) is 19.4 Å². The van der Waals surface area contributed by atoms with E-state index in [0.29, 0.717) is 13.2 Å². The van der Waals surface area contributed by atoms with Crippen molar-refractivity contribution in [2.45, 2.75) is 32.2 Å². The molecule has 0 amide bonds. The van der Waals surface area contributed by atoms with Gasteiger partial charge >= 0.3 is 0 Å². The lowest BCUT2D eigenvalue weighted by molar-refractivity contribution is 0.0910. The molecule has 15 heavy (non-hydrogen) atoms. The highest BCUT2D eigenvalue weighted by Gasteiger charge is 2.15. The molecule has 0 bridgehead atoms. The van der Waals surface area contributed by atoms with E-state index in [1.54, 1.807) is 6.20 Å². The van der Waals surface area contributed by atoms with Gasteiger partial charge in [0, 0.05) is 30.9 Å². The predicted octanol–water partition coefficient (Wildman–Crippen LogP) is 1.11. The SMILES string of the molecule is CCC(C)(N)COCCc1ccnn1C. The fraction of sp³-hybridized carbons (Fsp3) is 0.727. The Bertz CT molecular complexity index is 294. The van der Waals surface area contributed by atoms with E-state index in [1.807, 2.05) is 24.7 Å². The van der Waals surface area contributed by atoms with Gasteiger partial charge in [-0.3, -0.25) is 4.68 Å². The standard InChI is InChI=1S/C11H21N3O/c1-4-11(2,12)9-15-8-6-10-5-7-13-14(10)3/h5,7H,4,6,8-9,12H2,1-3H3. The Morgan fingerprint density at radius 1 is 1.60 bits per heavy atom. The van der Waals surface area contributed by atoms with Crippen molar-refractivity contribution in [1.82, 2.24) is 9.78 Å². The van der Waals surface area contributed by atoms with Crippen LogP contribution < -0.4 is 5.73 Å². The number of ether oxygens (including phenoxy) is 1. The van der Waals surface area contributed by atoms with Gasteiger partial charge in [0.1, 0.15) is 0 Å². The van der Waals surface area contributed by atoms with Gasteiger partial charge in [-0.25, -0.2) is 0 Å². The van der Waals surface area contributed by atoms with Crippen molar-refractivity contribution in [3.8, 4) is 0 Å². The molecule has 0 aromatic carbocycles. The minimum Gasteiger partial charge on any atom is -0.379 e. The first kappa shape index (κ1) is 12.2. The fourth-order valence-corrected chi connectivity index (χ4v) is 1.23. The van der Waals surface area contributed by atoms with Crippen LogP contribution in [0.4, 0.5) is 0 Å². The van der Waals surface area contributed by atoms with Crippen molar-refractivity contribution in [2.24, 2.45) is 12.8 Å². The maximum atomic E-state index is 5.96. The third-order valence-electron chi connectivity index (χ3n) is 2.66. The van der Waals surface area contributed by atoms with E-state index in [1.165, 1.54) is 5.69 Å². The molecule has 4 heteroatoms. The van der Waals surface area contributed by atoms with E-state index in [9.17, 15) is 0 Å². The highest BCUT2D eigenvalue weighted by atomic mass is 16.5. The first-order chi connectivity index (χ1) is 7.05. The molecule has 0 fully saturated rings. The molecule has 0 aliphatic heterocycles. The zero-order chi connectivity index (χ0) is 11.3. The third-order valence-corrected chi connectivity index (χ3v) is 2.66. The second-order valence-corrected chi connectivity index (χ2v) is 4.26. The average Bonchev–Trinajstić information content (AvgIpc) is 2.59. The molecule has 1 unspecified atom stereocenters. The molecule has 1 heterocycles. The van der Waals surface area contributed by atoms with Crippen LogP contribution in [-0.2, 0) is 18.2 Å². The Kier molecular flexibility index (Phi) is 4.29. The summed E-state index contributed by atoms with van der Waals surface area (Å²) in [5, 5.41) is 4.10. The summed E-state index contributed by atoms with van der Waals surface area (Å²) in [6.07, 6.45) is 3.61. The molecular formula is C11H21N3O. The maximum absolute atomic E-state index is 5.96. The van der Waals surface area contributed by atoms with E-state index >= 15 is 0 Å². The zero-order valence-corrected chi connectivity index (χ0v) is 9.86. The smallest absolute Gasteiger partial charge is 0.0643 e. The van der Waals surface area contributed by atoms with Gasteiger partial charge in [-0.2, -0.15) is 5.10 Å². The van der Waals surface area contributed by atoms with E-state index in [4.69, 9.17) is 10.5 Å². The molecule has 1 aromatic heterocycles. The van der Waals surface area contributed by atoms with Crippen LogP contribution in [0.1, 0.15) is 26.0 Å². The summed E-state index contributed by atoms with van der Waals surface area (Å²) < 4.78 is 7.42. The Balaban J connectivity index is 2.20. The average molecular weight is 211 g/mol. The summed E-state index contributed by atoms with van der Waals surface area (Å²) in [4.78, 5) is 0. The lowest BCUT2D eigenvalue weighted by Crippen LogP contribution is -2.40. The van der Waals surface area contributed by atoms with Crippen molar-refractivity contribution < 1.29 is 4.74 Å². The number of aromatic nitrogens is 2. The van der Waals surface area contributed by atoms with Crippen molar-refractivity contribution in [3.63, 3.8) is 0 Å². The van der Waals surface area contributed by atoms with Crippen molar-refractivity contribution in [3.05, 3.63) is 18.0 Å². The van der Waals surface area contributed by atoms with Gasteiger partial charge < -0.3 is 10.5 Å². The second-order valence-electron chi connectivity index (χ2n) is 4.26. The summed E-state index contributed by atoms with van der Waals surface area (Å²) >= 11 is 0. The molecule has 0 saturated heterocycles. The van der Waals surface area contributed by atoms with Crippen LogP contribution in [0.25, 0.3) is 0 Å². The zero-order valence-electron chi connectivity index (χ0n) is 9.86. The summed E-state index contributed by atoms with van der Waals surface area (Å²) in [5.41, 5.74) is 6.95. The summed E-state index contributed by atoms with van der Waals surface area (Å²) in [5.74, 6) is 0. The van der Waals surface area contributed by atoms with E-state index < -0.39 is 0 Å². The largest absolute Gasteiger partial charge is 0.379 e. The van der Waals surface area contributed by atoms with E-state index in [2.05, 4.69) is 12.0 Å². The fourth-order valence-electron chi connectivity index (χ4n) is 1.23. The van der Waals surface area contributed by atoms with Crippen LogP contribution in [0.15, 0.2) is 12.3 Å². The predicted molar refractivity (Wildman–Crippen MR) is 60.6 cm³/mol. The number of rotatable bonds is 6. The lowest BCUT2D eigenvalue weighted by Gasteiger charge is -2.22. The summed E-state index contributed by atoms with van der Waals surface area (Å²) in [6.45, 7) is 5.40. The number of nitrogens with zero attached hydrogens (tertiary/aromatic N) is 2. The summed E-state index contributed by atoms with van der Waals surface area (Å²) in [7, 11) is 1.94. The second kappa shape index (κ2) is 5.28. The highest BCUT2D eigenvalue weighted by Crippen LogP contribution is 2.05. The minimum atomic E-state index is -0.202. The van der Waals surface area contributed by atoms with Gasteiger partial charge in [0.2, 0.25) is 0 Å². The van der Waals surface area contributed by atoms with Crippen LogP contribution in [0.5, 0.6) is 0 Å². The van der Waals surface area contributed by atoms with Crippen LogP contribution in [0, 0.1) is 0 Å². The topological polar surface area (TPSA) is 53.1 Å². The van der Waals surface area contributed by atoms with E-state index in [0.717, 1.165) is 12.8 Å². The molecule has 0 aliphatic carbocycles. The number of hydrogen-bond donors (Lipinski definition) is 1.